The van der Waals surface area contributed by atoms with Crippen molar-refractivity contribution in [1.82, 2.24) is 0 Å². The third-order valence-corrected chi connectivity index (χ3v) is 8.03. The molecule has 1 nitrogen and oxygen atoms in total. The summed E-state index contributed by atoms with van der Waals surface area (Å²) in [5.74, 6) is 0. The summed E-state index contributed by atoms with van der Waals surface area (Å²) in [4.78, 5) is 2.41. The summed E-state index contributed by atoms with van der Waals surface area (Å²) in [5, 5.41) is 7.85. The molecule has 0 aliphatic rings. The van der Waals surface area contributed by atoms with Gasteiger partial charge in [0.25, 0.3) is 0 Å². The average Bonchev–Trinajstić information content (AvgIpc) is 3.26. The van der Waals surface area contributed by atoms with Gasteiger partial charge in [0.05, 0.1) is 5.69 Å². The Morgan fingerprint density at radius 2 is 1.17 bits per heavy atom. The van der Waals surface area contributed by atoms with Gasteiger partial charge in [0.15, 0.2) is 0 Å². The van der Waals surface area contributed by atoms with Crippen LogP contribution in [0.5, 0.6) is 0 Å². The van der Waals surface area contributed by atoms with Crippen LogP contribution in [0, 0.1) is 6.92 Å². The number of fused-ring (bicyclic) bond motifs is 6. The van der Waals surface area contributed by atoms with Crippen molar-refractivity contribution in [2.75, 3.05) is 4.90 Å². The minimum atomic E-state index is 1.16. The second-order valence-electron chi connectivity index (χ2n) is 9.07. The molecule has 0 saturated carbocycles. The summed E-state index contributed by atoms with van der Waals surface area (Å²) in [6, 6.07) is 44.0. The maximum Gasteiger partial charge on any atom is 0.0554 e. The zero-order chi connectivity index (χ0) is 23.4. The zero-order valence-electron chi connectivity index (χ0n) is 19.4. The van der Waals surface area contributed by atoms with Gasteiger partial charge < -0.3 is 4.90 Å². The molecular weight excluding hydrogens is 442 g/mol. The minimum absolute atomic E-state index is 1.16. The minimum Gasteiger partial charge on any atom is -0.310 e. The van der Waals surface area contributed by atoms with Crippen molar-refractivity contribution < 1.29 is 0 Å². The first-order chi connectivity index (χ1) is 17.3. The molecule has 1 heterocycles. The van der Waals surface area contributed by atoms with E-state index >= 15 is 0 Å². The molecule has 35 heavy (non-hydrogen) atoms. The van der Waals surface area contributed by atoms with E-state index in [0.717, 1.165) is 5.69 Å². The molecule has 0 radical (unpaired) electrons. The van der Waals surface area contributed by atoms with Crippen LogP contribution in [0.2, 0.25) is 0 Å². The van der Waals surface area contributed by atoms with E-state index in [1.807, 2.05) is 11.3 Å². The Hall–Kier alpha value is -4.14. The highest BCUT2D eigenvalue weighted by Gasteiger charge is 2.20. The van der Waals surface area contributed by atoms with E-state index in [1.165, 1.54) is 58.7 Å². The van der Waals surface area contributed by atoms with Crippen LogP contribution in [0.4, 0.5) is 17.1 Å². The van der Waals surface area contributed by atoms with Crippen LogP contribution in [-0.4, -0.2) is 0 Å². The van der Waals surface area contributed by atoms with Gasteiger partial charge in [0, 0.05) is 36.9 Å². The van der Waals surface area contributed by atoms with Gasteiger partial charge in [-0.1, -0.05) is 84.9 Å². The normalized spacial score (nSPS) is 11.6. The van der Waals surface area contributed by atoms with Gasteiger partial charge in [0.1, 0.15) is 0 Å². The van der Waals surface area contributed by atoms with Crippen molar-refractivity contribution >= 4 is 70.1 Å². The highest BCUT2D eigenvalue weighted by Crippen LogP contribution is 2.47. The summed E-state index contributed by atoms with van der Waals surface area (Å²) < 4.78 is 2.65. The second kappa shape index (κ2) is 7.97. The molecule has 7 aromatic rings. The summed E-state index contributed by atoms with van der Waals surface area (Å²) >= 11 is 1.89. The Labute approximate surface area is 208 Å². The van der Waals surface area contributed by atoms with E-state index < -0.39 is 0 Å². The molecule has 0 N–H and O–H groups in total. The molecule has 0 bridgehead atoms. The van der Waals surface area contributed by atoms with Crippen molar-refractivity contribution in [1.29, 1.82) is 0 Å². The van der Waals surface area contributed by atoms with Crippen LogP contribution in [0.15, 0.2) is 121 Å². The van der Waals surface area contributed by atoms with Crippen molar-refractivity contribution in [3.8, 4) is 0 Å². The lowest BCUT2D eigenvalue weighted by molar-refractivity contribution is 1.26. The van der Waals surface area contributed by atoms with Crippen molar-refractivity contribution in [3.05, 3.63) is 127 Å². The molecule has 0 saturated heterocycles. The summed E-state index contributed by atoms with van der Waals surface area (Å²) in [6.45, 7) is 2.19. The number of nitrogens with zero attached hydrogens (tertiary/aromatic N) is 1. The van der Waals surface area contributed by atoms with E-state index in [2.05, 4.69) is 133 Å². The highest BCUT2D eigenvalue weighted by atomic mass is 32.1. The molecule has 0 unspecified atom stereocenters. The molecule has 0 amide bonds. The largest absolute Gasteiger partial charge is 0.310 e. The third kappa shape index (κ3) is 3.22. The molecule has 166 valence electrons. The van der Waals surface area contributed by atoms with Crippen LogP contribution < -0.4 is 4.90 Å². The number of para-hydroxylation sites is 2. The molecule has 0 atom stereocenters. The van der Waals surface area contributed by atoms with Crippen LogP contribution in [0.3, 0.4) is 0 Å². The Morgan fingerprint density at radius 3 is 1.97 bits per heavy atom. The first-order valence-electron chi connectivity index (χ1n) is 12.0. The smallest absolute Gasteiger partial charge is 0.0554 e. The molecule has 7 rings (SSSR count). The molecule has 0 aliphatic heterocycles. The molecule has 0 aliphatic carbocycles. The molecule has 0 spiro atoms. The average molecular weight is 466 g/mol. The number of thiophene rings is 1. The Morgan fingerprint density at radius 1 is 0.514 bits per heavy atom. The first-order valence-corrected chi connectivity index (χ1v) is 12.8. The van der Waals surface area contributed by atoms with Gasteiger partial charge in [-0.3, -0.25) is 0 Å². The van der Waals surface area contributed by atoms with Gasteiger partial charge in [-0.15, -0.1) is 11.3 Å². The third-order valence-electron chi connectivity index (χ3n) is 6.94. The summed E-state index contributed by atoms with van der Waals surface area (Å²) in [5.41, 5.74) is 4.83. The fourth-order valence-electron chi connectivity index (χ4n) is 5.29. The first kappa shape index (κ1) is 20.3. The number of rotatable bonds is 3. The van der Waals surface area contributed by atoms with E-state index in [9.17, 15) is 0 Å². The quantitative estimate of drug-likeness (QED) is 0.251. The van der Waals surface area contributed by atoms with E-state index in [1.54, 1.807) is 0 Å². The number of hydrogen-bond acceptors (Lipinski definition) is 2. The summed E-state index contributed by atoms with van der Waals surface area (Å²) in [7, 11) is 0. The van der Waals surface area contributed by atoms with Gasteiger partial charge in [0.2, 0.25) is 0 Å². The lowest BCUT2D eigenvalue weighted by Gasteiger charge is -2.28. The Kier molecular flexibility index (Phi) is 4.61. The van der Waals surface area contributed by atoms with Crippen LogP contribution >= 0.6 is 11.3 Å². The van der Waals surface area contributed by atoms with Gasteiger partial charge in [-0.2, -0.15) is 0 Å². The van der Waals surface area contributed by atoms with Crippen molar-refractivity contribution in [2.24, 2.45) is 0 Å². The molecule has 6 aromatic carbocycles. The Bertz CT molecular complexity index is 1860. The zero-order valence-corrected chi connectivity index (χ0v) is 20.2. The lowest BCUT2D eigenvalue weighted by atomic mass is 9.99. The maximum atomic E-state index is 2.41. The number of benzene rings is 6. The van der Waals surface area contributed by atoms with E-state index in [-0.39, 0.29) is 0 Å². The SMILES string of the molecule is Cc1ccccc1N(c1ccccc1)c1cc2sc3cc4ccccc4cc3c2c2ccccc12. The van der Waals surface area contributed by atoms with Crippen molar-refractivity contribution in [2.45, 2.75) is 6.92 Å². The number of aryl methyl sites for hydroxylation is 1. The fraction of sp³-hybridized carbons (Fsp3) is 0.0303. The van der Waals surface area contributed by atoms with E-state index in [0.29, 0.717) is 0 Å². The number of hydrogen-bond donors (Lipinski definition) is 0. The Balaban J connectivity index is 1.61. The van der Waals surface area contributed by atoms with E-state index in [4.69, 9.17) is 0 Å². The molecule has 2 heteroatoms. The van der Waals surface area contributed by atoms with Gasteiger partial charge >= 0.3 is 0 Å². The predicted octanol–water partition coefficient (Wildman–Crippen LogP) is 10.1. The lowest BCUT2D eigenvalue weighted by Crippen LogP contribution is -2.11. The van der Waals surface area contributed by atoms with Crippen molar-refractivity contribution in [3.63, 3.8) is 0 Å². The molecule has 1 aromatic heterocycles. The topological polar surface area (TPSA) is 3.24 Å². The standard InChI is InChI=1S/C33H23NS/c1-22-11-5-10-18-29(22)34(25-14-3-2-4-15-25)30-21-32-33(27-17-9-8-16-26(27)30)28-19-23-12-6-7-13-24(23)20-31(28)35-32/h2-21H,1H3. The maximum absolute atomic E-state index is 2.41. The molecule has 0 fully saturated rings. The fourth-order valence-corrected chi connectivity index (χ4v) is 6.48. The highest BCUT2D eigenvalue weighted by molar-refractivity contribution is 7.26. The predicted molar refractivity (Wildman–Crippen MR) is 154 cm³/mol. The second-order valence-corrected chi connectivity index (χ2v) is 10.2. The van der Waals surface area contributed by atoms with Crippen LogP contribution in [0.1, 0.15) is 5.56 Å². The molecular formula is C33H23NS. The van der Waals surface area contributed by atoms with Crippen LogP contribution in [-0.2, 0) is 0 Å². The van der Waals surface area contributed by atoms with Crippen LogP contribution in [0.25, 0.3) is 41.7 Å². The number of anilines is 3. The monoisotopic (exact) mass is 465 g/mol. The van der Waals surface area contributed by atoms with Gasteiger partial charge in [-0.05, 0) is 65.0 Å². The van der Waals surface area contributed by atoms with Gasteiger partial charge in [-0.25, -0.2) is 0 Å². The summed E-state index contributed by atoms with van der Waals surface area (Å²) in [6.07, 6.45) is 0.